The van der Waals surface area contributed by atoms with Crippen molar-refractivity contribution in [2.75, 3.05) is 6.54 Å². The molecule has 1 amide bonds. The first-order valence-corrected chi connectivity index (χ1v) is 8.94. The largest absolute Gasteiger partial charge is 0.329 e. The first kappa shape index (κ1) is 15.1. The zero-order valence-electron chi connectivity index (χ0n) is 13.4. The van der Waals surface area contributed by atoms with Crippen molar-refractivity contribution in [1.29, 1.82) is 0 Å². The quantitative estimate of drug-likeness (QED) is 0.733. The van der Waals surface area contributed by atoms with Crippen LogP contribution in [0.2, 0.25) is 0 Å². The number of hydrogen-bond donors (Lipinski definition) is 0. The highest BCUT2D eigenvalue weighted by molar-refractivity contribution is 7.09. The van der Waals surface area contributed by atoms with Crippen molar-refractivity contribution >= 4 is 17.2 Å². The first-order chi connectivity index (χ1) is 11.7. The molecule has 0 aliphatic carbocycles. The van der Waals surface area contributed by atoms with Crippen LogP contribution >= 0.6 is 11.3 Å². The molecule has 3 aromatic rings. The molecule has 0 radical (unpaired) electrons. The SMILES string of the molecule is Cc1nc(C2CCCN2C(=O)c2ccnn2-c2ccccc2)cs1. The van der Waals surface area contributed by atoms with E-state index in [-0.39, 0.29) is 11.9 Å². The maximum Gasteiger partial charge on any atom is 0.273 e. The smallest absolute Gasteiger partial charge is 0.273 e. The Kier molecular flexibility index (Phi) is 3.90. The number of rotatable bonds is 3. The van der Waals surface area contributed by atoms with Gasteiger partial charge in [-0.2, -0.15) is 5.10 Å². The minimum atomic E-state index is 0.0181. The Bertz CT molecular complexity index is 855. The number of para-hydroxylation sites is 1. The molecule has 5 nitrogen and oxygen atoms in total. The topological polar surface area (TPSA) is 51.0 Å². The summed E-state index contributed by atoms with van der Waals surface area (Å²) in [4.78, 5) is 19.7. The van der Waals surface area contributed by atoms with Crippen LogP contribution < -0.4 is 0 Å². The Hall–Kier alpha value is -2.47. The molecule has 1 fully saturated rings. The predicted octanol–water partition coefficient (Wildman–Crippen LogP) is 3.61. The number of carbonyl (C=O) groups is 1. The minimum absolute atomic E-state index is 0.0181. The van der Waals surface area contributed by atoms with Gasteiger partial charge in [0.1, 0.15) is 5.69 Å². The standard InChI is InChI=1S/C18H18N4OS/c1-13-20-15(12-24-13)16-8-5-11-21(16)18(23)17-9-10-19-22(17)14-6-3-2-4-7-14/h2-4,6-7,9-10,12,16H,5,8,11H2,1H3. The average molecular weight is 338 g/mol. The molecule has 0 saturated carbocycles. The van der Waals surface area contributed by atoms with Crippen LogP contribution in [-0.2, 0) is 0 Å². The zero-order valence-corrected chi connectivity index (χ0v) is 14.2. The van der Waals surface area contributed by atoms with Crippen molar-refractivity contribution in [3.63, 3.8) is 0 Å². The van der Waals surface area contributed by atoms with Gasteiger partial charge in [-0.25, -0.2) is 9.67 Å². The minimum Gasteiger partial charge on any atom is -0.329 e. The summed E-state index contributed by atoms with van der Waals surface area (Å²) < 4.78 is 1.71. The fourth-order valence-electron chi connectivity index (χ4n) is 3.24. The van der Waals surface area contributed by atoms with E-state index < -0.39 is 0 Å². The van der Waals surface area contributed by atoms with Crippen LogP contribution in [0, 0.1) is 6.92 Å². The molecular weight excluding hydrogens is 320 g/mol. The number of aromatic nitrogens is 3. The number of carbonyl (C=O) groups excluding carboxylic acids is 1. The van der Waals surface area contributed by atoms with Crippen LogP contribution in [0.1, 0.15) is 40.1 Å². The predicted molar refractivity (Wildman–Crippen MR) is 93.4 cm³/mol. The van der Waals surface area contributed by atoms with Crippen LogP contribution in [-0.4, -0.2) is 32.1 Å². The fourth-order valence-corrected chi connectivity index (χ4v) is 3.90. The van der Waals surface area contributed by atoms with Gasteiger partial charge in [0.15, 0.2) is 0 Å². The van der Waals surface area contributed by atoms with Gasteiger partial charge in [0.2, 0.25) is 0 Å². The van der Waals surface area contributed by atoms with E-state index in [9.17, 15) is 4.79 Å². The molecule has 1 aromatic carbocycles. The number of amides is 1. The molecule has 3 heterocycles. The summed E-state index contributed by atoms with van der Waals surface area (Å²) in [5.41, 5.74) is 2.50. The van der Waals surface area contributed by atoms with E-state index in [2.05, 4.69) is 15.5 Å². The summed E-state index contributed by atoms with van der Waals surface area (Å²) in [5, 5.41) is 7.45. The monoisotopic (exact) mass is 338 g/mol. The molecule has 1 aliphatic rings. The Morgan fingerprint density at radius 3 is 2.83 bits per heavy atom. The van der Waals surface area contributed by atoms with Gasteiger partial charge in [0.05, 0.1) is 28.6 Å². The second kappa shape index (κ2) is 6.20. The van der Waals surface area contributed by atoms with Gasteiger partial charge in [-0.1, -0.05) is 18.2 Å². The Labute approximate surface area is 144 Å². The normalized spacial score (nSPS) is 17.4. The second-order valence-corrected chi connectivity index (χ2v) is 6.97. The molecule has 1 aliphatic heterocycles. The van der Waals surface area contributed by atoms with Crippen molar-refractivity contribution in [2.45, 2.75) is 25.8 Å². The third-order valence-corrected chi connectivity index (χ3v) is 5.15. The van der Waals surface area contributed by atoms with Gasteiger partial charge in [-0.3, -0.25) is 4.79 Å². The number of hydrogen-bond acceptors (Lipinski definition) is 4. The van der Waals surface area contributed by atoms with Crippen molar-refractivity contribution in [3.05, 3.63) is 64.4 Å². The Morgan fingerprint density at radius 2 is 2.08 bits per heavy atom. The van der Waals surface area contributed by atoms with Crippen molar-refractivity contribution in [3.8, 4) is 5.69 Å². The van der Waals surface area contributed by atoms with Crippen molar-refractivity contribution < 1.29 is 4.79 Å². The zero-order chi connectivity index (χ0) is 16.5. The third-order valence-electron chi connectivity index (χ3n) is 4.35. The molecule has 122 valence electrons. The van der Waals surface area contributed by atoms with E-state index in [0.717, 1.165) is 35.8 Å². The highest BCUT2D eigenvalue weighted by Crippen LogP contribution is 2.33. The molecule has 0 N–H and O–H groups in total. The lowest BCUT2D eigenvalue weighted by atomic mass is 10.1. The lowest BCUT2D eigenvalue weighted by Crippen LogP contribution is -2.32. The summed E-state index contributed by atoms with van der Waals surface area (Å²) in [5.74, 6) is 0.0181. The number of benzene rings is 1. The summed E-state index contributed by atoms with van der Waals surface area (Å²) in [6.07, 6.45) is 3.65. The highest BCUT2D eigenvalue weighted by atomic mass is 32.1. The fraction of sp³-hybridized carbons (Fsp3) is 0.278. The molecule has 2 aromatic heterocycles. The average Bonchev–Trinajstić information content (AvgIpc) is 3.34. The molecule has 6 heteroatoms. The van der Waals surface area contributed by atoms with Crippen molar-refractivity contribution in [1.82, 2.24) is 19.7 Å². The highest BCUT2D eigenvalue weighted by Gasteiger charge is 2.33. The van der Waals surface area contributed by atoms with E-state index >= 15 is 0 Å². The van der Waals surface area contributed by atoms with Crippen molar-refractivity contribution in [2.24, 2.45) is 0 Å². The lowest BCUT2D eigenvalue weighted by Gasteiger charge is -2.23. The molecule has 1 saturated heterocycles. The number of aryl methyl sites for hydroxylation is 1. The molecule has 24 heavy (non-hydrogen) atoms. The van der Waals surface area contributed by atoms with Crippen LogP contribution in [0.5, 0.6) is 0 Å². The van der Waals surface area contributed by atoms with Gasteiger partial charge in [-0.05, 0) is 38.0 Å². The maximum absolute atomic E-state index is 13.1. The summed E-state index contributed by atoms with van der Waals surface area (Å²) >= 11 is 1.64. The van der Waals surface area contributed by atoms with Gasteiger partial charge in [0, 0.05) is 11.9 Å². The number of nitrogens with zero attached hydrogens (tertiary/aromatic N) is 4. The number of thiazole rings is 1. The van der Waals surface area contributed by atoms with E-state index in [1.807, 2.05) is 42.2 Å². The molecule has 1 unspecified atom stereocenters. The summed E-state index contributed by atoms with van der Waals surface area (Å²) in [6, 6.07) is 11.6. The molecule has 1 atom stereocenters. The van der Waals surface area contributed by atoms with Crippen LogP contribution in [0.3, 0.4) is 0 Å². The molecular formula is C18H18N4OS. The number of likely N-dealkylation sites (tertiary alicyclic amines) is 1. The summed E-state index contributed by atoms with van der Waals surface area (Å²) in [6.45, 7) is 2.76. The van der Waals surface area contributed by atoms with E-state index in [1.165, 1.54) is 0 Å². The van der Waals surface area contributed by atoms with Crippen LogP contribution in [0.15, 0.2) is 48.0 Å². The van der Waals surface area contributed by atoms with Gasteiger partial charge in [0.25, 0.3) is 5.91 Å². The lowest BCUT2D eigenvalue weighted by molar-refractivity contribution is 0.0724. The molecule has 4 rings (SSSR count). The Balaban J connectivity index is 1.66. The van der Waals surface area contributed by atoms with Crippen LogP contribution in [0.25, 0.3) is 5.69 Å². The molecule has 0 spiro atoms. The van der Waals surface area contributed by atoms with E-state index in [1.54, 1.807) is 28.3 Å². The van der Waals surface area contributed by atoms with E-state index in [4.69, 9.17) is 0 Å². The van der Waals surface area contributed by atoms with Gasteiger partial charge in [-0.15, -0.1) is 11.3 Å². The van der Waals surface area contributed by atoms with Gasteiger partial charge < -0.3 is 4.90 Å². The Morgan fingerprint density at radius 1 is 1.25 bits per heavy atom. The van der Waals surface area contributed by atoms with E-state index in [0.29, 0.717) is 5.69 Å². The molecule has 0 bridgehead atoms. The van der Waals surface area contributed by atoms with Crippen LogP contribution in [0.4, 0.5) is 0 Å². The summed E-state index contributed by atoms with van der Waals surface area (Å²) in [7, 11) is 0. The maximum atomic E-state index is 13.1. The van der Waals surface area contributed by atoms with Gasteiger partial charge >= 0.3 is 0 Å². The third kappa shape index (κ3) is 2.63. The second-order valence-electron chi connectivity index (χ2n) is 5.91. The first-order valence-electron chi connectivity index (χ1n) is 8.06.